The van der Waals surface area contributed by atoms with Crippen molar-refractivity contribution in [3.63, 3.8) is 0 Å². The molecule has 2 heterocycles. The number of ether oxygens (including phenoxy) is 2. The molecule has 1 N–H and O–H groups in total. The zero-order valence-corrected chi connectivity index (χ0v) is 13.2. The van der Waals surface area contributed by atoms with Crippen LogP contribution in [-0.4, -0.2) is 22.5 Å². The smallest absolute Gasteiger partial charge is 0.257 e. The summed E-state index contributed by atoms with van der Waals surface area (Å²) in [4.78, 5) is 12.5. The molecule has 2 aliphatic rings. The minimum absolute atomic E-state index is 0.120. The standard InChI is InChI=1S/C16H16ClN3O3/c17-12-7-10(8-13-15(12)23-9-22-13)16(21)19-14-5-6-18-20(14)11-3-1-2-4-11/h5-8,11H,1-4,9H2,(H,19,21). The van der Waals surface area contributed by atoms with E-state index in [-0.39, 0.29) is 12.7 Å². The summed E-state index contributed by atoms with van der Waals surface area (Å²) >= 11 is 6.13. The first-order valence-electron chi connectivity index (χ1n) is 7.66. The quantitative estimate of drug-likeness (QED) is 0.931. The van der Waals surface area contributed by atoms with Crippen LogP contribution in [0.2, 0.25) is 5.02 Å². The molecule has 1 amide bonds. The van der Waals surface area contributed by atoms with E-state index < -0.39 is 0 Å². The van der Waals surface area contributed by atoms with Gasteiger partial charge in [0.25, 0.3) is 5.91 Å². The van der Waals surface area contributed by atoms with Gasteiger partial charge in [0, 0.05) is 11.6 Å². The molecule has 0 bridgehead atoms. The lowest BCUT2D eigenvalue weighted by Crippen LogP contribution is -2.17. The van der Waals surface area contributed by atoms with Crippen molar-refractivity contribution in [1.29, 1.82) is 0 Å². The molecule has 1 aromatic carbocycles. The summed E-state index contributed by atoms with van der Waals surface area (Å²) in [6, 6.07) is 5.39. The normalized spacial score (nSPS) is 16.7. The summed E-state index contributed by atoms with van der Waals surface area (Å²) in [5.74, 6) is 1.44. The van der Waals surface area contributed by atoms with Crippen LogP contribution in [0.5, 0.6) is 11.5 Å². The van der Waals surface area contributed by atoms with E-state index in [2.05, 4.69) is 10.4 Å². The zero-order valence-electron chi connectivity index (χ0n) is 12.4. The van der Waals surface area contributed by atoms with E-state index in [1.807, 2.05) is 10.7 Å². The molecule has 6 nitrogen and oxygen atoms in total. The number of anilines is 1. The van der Waals surface area contributed by atoms with Gasteiger partial charge in [0.2, 0.25) is 6.79 Å². The van der Waals surface area contributed by atoms with Gasteiger partial charge in [-0.2, -0.15) is 5.10 Å². The lowest BCUT2D eigenvalue weighted by molar-refractivity contribution is 0.102. The van der Waals surface area contributed by atoms with Crippen molar-refractivity contribution in [2.75, 3.05) is 12.1 Å². The Morgan fingerprint density at radius 1 is 1.30 bits per heavy atom. The molecule has 7 heteroatoms. The molecule has 0 radical (unpaired) electrons. The molecular weight excluding hydrogens is 318 g/mol. The monoisotopic (exact) mass is 333 g/mol. The fraction of sp³-hybridized carbons (Fsp3) is 0.375. The number of hydrogen-bond donors (Lipinski definition) is 1. The number of rotatable bonds is 3. The van der Waals surface area contributed by atoms with E-state index in [1.165, 1.54) is 12.8 Å². The number of halogens is 1. The highest BCUT2D eigenvalue weighted by molar-refractivity contribution is 6.32. The van der Waals surface area contributed by atoms with Crippen LogP contribution in [0.4, 0.5) is 5.82 Å². The molecule has 1 saturated carbocycles. The largest absolute Gasteiger partial charge is 0.454 e. The first kappa shape index (κ1) is 14.4. The summed E-state index contributed by atoms with van der Waals surface area (Å²) in [6.45, 7) is 0.120. The Morgan fingerprint density at radius 3 is 2.96 bits per heavy atom. The summed E-state index contributed by atoms with van der Waals surface area (Å²) in [6.07, 6.45) is 6.31. The third-order valence-corrected chi connectivity index (χ3v) is 4.55. The van der Waals surface area contributed by atoms with Crippen molar-refractivity contribution in [3.05, 3.63) is 35.0 Å². The van der Waals surface area contributed by atoms with E-state index in [0.717, 1.165) is 12.8 Å². The summed E-state index contributed by atoms with van der Waals surface area (Å²) in [5, 5.41) is 7.63. The number of fused-ring (bicyclic) bond motifs is 1. The summed E-state index contributed by atoms with van der Waals surface area (Å²) < 4.78 is 12.5. The Morgan fingerprint density at radius 2 is 2.13 bits per heavy atom. The van der Waals surface area contributed by atoms with Gasteiger partial charge < -0.3 is 14.8 Å². The highest BCUT2D eigenvalue weighted by Gasteiger charge is 2.23. The molecule has 0 spiro atoms. The van der Waals surface area contributed by atoms with Gasteiger partial charge in [-0.3, -0.25) is 4.79 Å². The third kappa shape index (κ3) is 2.63. The van der Waals surface area contributed by atoms with Gasteiger partial charge in [-0.15, -0.1) is 0 Å². The van der Waals surface area contributed by atoms with Crippen molar-refractivity contribution in [2.24, 2.45) is 0 Å². The van der Waals surface area contributed by atoms with Gasteiger partial charge in [0.1, 0.15) is 5.82 Å². The van der Waals surface area contributed by atoms with Crippen molar-refractivity contribution in [2.45, 2.75) is 31.7 Å². The van der Waals surface area contributed by atoms with Crippen molar-refractivity contribution >= 4 is 23.3 Å². The second-order valence-electron chi connectivity index (χ2n) is 5.75. The summed E-state index contributed by atoms with van der Waals surface area (Å²) in [7, 11) is 0. The fourth-order valence-electron chi connectivity index (χ4n) is 3.14. The molecule has 4 rings (SSSR count). The first-order chi connectivity index (χ1) is 11.2. The lowest BCUT2D eigenvalue weighted by Gasteiger charge is -2.14. The number of hydrogen-bond acceptors (Lipinski definition) is 4. The second-order valence-corrected chi connectivity index (χ2v) is 6.15. The van der Waals surface area contributed by atoms with Crippen LogP contribution in [0.3, 0.4) is 0 Å². The Balaban J connectivity index is 1.57. The lowest BCUT2D eigenvalue weighted by atomic mass is 10.2. The van der Waals surface area contributed by atoms with Gasteiger partial charge in [0.05, 0.1) is 17.3 Å². The molecule has 1 aromatic heterocycles. The molecule has 1 fully saturated rings. The SMILES string of the molecule is O=C(Nc1ccnn1C1CCCC1)c1cc(Cl)c2c(c1)OCO2. The van der Waals surface area contributed by atoms with Crippen molar-refractivity contribution < 1.29 is 14.3 Å². The molecule has 1 aliphatic carbocycles. The van der Waals surface area contributed by atoms with Crippen molar-refractivity contribution in [1.82, 2.24) is 9.78 Å². The molecule has 0 atom stereocenters. The number of nitrogens with one attached hydrogen (secondary N) is 1. The van der Waals surface area contributed by atoms with E-state index >= 15 is 0 Å². The highest BCUT2D eigenvalue weighted by Crippen LogP contribution is 2.40. The zero-order chi connectivity index (χ0) is 15.8. The fourth-order valence-corrected chi connectivity index (χ4v) is 3.41. The van der Waals surface area contributed by atoms with Gasteiger partial charge in [-0.05, 0) is 25.0 Å². The van der Waals surface area contributed by atoms with E-state index in [9.17, 15) is 4.79 Å². The van der Waals surface area contributed by atoms with Crippen LogP contribution < -0.4 is 14.8 Å². The van der Waals surface area contributed by atoms with E-state index in [1.54, 1.807) is 18.3 Å². The van der Waals surface area contributed by atoms with E-state index in [4.69, 9.17) is 21.1 Å². The Kier molecular flexibility index (Phi) is 3.61. The number of aromatic nitrogens is 2. The van der Waals surface area contributed by atoms with Crippen molar-refractivity contribution in [3.8, 4) is 11.5 Å². The molecule has 0 saturated heterocycles. The molecule has 0 unspecified atom stereocenters. The first-order valence-corrected chi connectivity index (χ1v) is 8.04. The number of nitrogens with zero attached hydrogens (tertiary/aromatic N) is 2. The predicted molar refractivity (Wildman–Crippen MR) is 85.3 cm³/mol. The molecule has 120 valence electrons. The molecular formula is C16H16ClN3O3. The van der Waals surface area contributed by atoms with Gasteiger partial charge in [0.15, 0.2) is 11.5 Å². The topological polar surface area (TPSA) is 65.4 Å². The number of carbonyl (C=O) groups excluding carboxylic acids is 1. The van der Waals surface area contributed by atoms with E-state index in [0.29, 0.717) is 33.9 Å². The maximum atomic E-state index is 12.5. The van der Waals surface area contributed by atoms with Crippen LogP contribution in [-0.2, 0) is 0 Å². The van der Waals surface area contributed by atoms with Gasteiger partial charge in [-0.25, -0.2) is 4.68 Å². The average molecular weight is 334 g/mol. The number of amides is 1. The second kappa shape index (κ2) is 5.77. The number of carbonyl (C=O) groups is 1. The Bertz CT molecular complexity index is 753. The van der Waals surface area contributed by atoms with Crippen LogP contribution in [0.1, 0.15) is 42.1 Å². The minimum atomic E-state index is -0.245. The summed E-state index contributed by atoms with van der Waals surface area (Å²) in [5.41, 5.74) is 0.429. The maximum absolute atomic E-state index is 12.5. The van der Waals surface area contributed by atoms with Crippen LogP contribution in [0.25, 0.3) is 0 Å². The van der Waals surface area contributed by atoms with Gasteiger partial charge in [-0.1, -0.05) is 24.4 Å². The molecule has 2 aromatic rings. The molecule has 23 heavy (non-hydrogen) atoms. The number of benzene rings is 1. The van der Waals surface area contributed by atoms with Gasteiger partial charge >= 0.3 is 0 Å². The Labute approximate surface area is 138 Å². The average Bonchev–Trinajstić information content (AvgIpc) is 3.27. The van der Waals surface area contributed by atoms with Crippen LogP contribution >= 0.6 is 11.6 Å². The minimum Gasteiger partial charge on any atom is -0.454 e. The predicted octanol–water partition coefficient (Wildman–Crippen LogP) is 3.63. The van der Waals surface area contributed by atoms with Crippen LogP contribution in [0.15, 0.2) is 24.4 Å². The third-order valence-electron chi connectivity index (χ3n) is 4.27. The molecule has 1 aliphatic heterocycles. The highest BCUT2D eigenvalue weighted by atomic mass is 35.5. The van der Waals surface area contributed by atoms with Crippen LogP contribution in [0, 0.1) is 0 Å². The maximum Gasteiger partial charge on any atom is 0.257 e. The Hall–Kier alpha value is -2.21.